The van der Waals surface area contributed by atoms with Crippen LogP contribution in [0, 0.1) is 11.2 Å². The molecule has 2 aromatic carbocycles. The third-order valence-corrected chi connectivity index (χ3v) is 4.07. The van der Waals surface area contributed by atoms with Gasteiger partial charge in [-0.15, -0.1) is 0 Å². The van der Waals surface area contributed by atoms with Crippen LogP contribution in [-0.4, -0.2) is 11.8 Å². The Kier molecular flexibility index (Phi) is 5.47. The Morgan fingerprint density at radius 1 is 0.917 bits per heavy atom. The average molecular weight is 369 g/mol. The summed E-state index contributed by atoms with van der Waals surface area (Å²) in [6.45, 7) is 2.93. The summed E-state index contributed by atoms with van der Waals surface area (Å²) in [5, 5.41) is 5.68. The van der Waals surface area contributed by atoms with Gasteiger partial charge in [-0.05, 0) is 50.2 Å². The number of rotatable bonds is 4. The zero-order valence-electron chi connectivity index (χ0n) is 13.0. The van der Waals surface area contributed by atoms with Crippen LogP contribution >= 0.6 is 23.2 Å². The van der Waals surface area contributed by atoms with Gasteiger partial charge in [-0.3, -0.25) is 9.59 Å². The highest BCUT2D eigenvalue weighted by molar-refractivity contribution is 6.40. The van der Waals surface area contributed by atoms with Crippen LogP contribution in [0.4, 0.5) is 15.8 Å². The smallest absolute Gasteiger partial charge is 0.239 e. The van der Waals surface area contributed by atoms with Gasteiger partial charge in [0, 0.05) is 5.69 Å². The van der Waals surface area contributed by atoms with Gasteiger partial charge in [-0.1, -0.05) is 29.3 Å². The molecule has 2 N–H and O–H groups in total. The minimum atomic E-state index is -1.41. The first-order valence-corrected chi connectivity index (χ1v) is 7.80. The number of hydrogen-bond acceptors (Lipinski definition) is 2. The number of carbonyl (C=O) groups excluding carboxylic acids is 2. The van der Waals surface area contributed by atoms with Gasteiger partial charge in [0.25, 0.3) is 0 Å². The van der Waals surface area contributed by atoms with Crippen LogP contribution < -0.4 is 10.6 Å². The van der Waals surface area contributed by atoms with Gasteiger partial charge in [-0.25, -0.2) is 4.39 Å². The Balaban J connectivity index is 2.14. The van der Waals surface area contributed by atoms with E-state index < -0.39 is 23.0 Å². The second-order valence-electron chi connectivity index (χ2n) is 5.64. The summed E-state index contributed by atoms with van der Waals surface area (Å²) in [5.74, 6) is -1.54. The summed E-state index contributed by atoms with van der Waals surface area (Å²) in [6.07, 6.45) is 0. The van der Waals surface area contributed by atoms with Crippen molar-refractivity contribution in [2.24, 2.45) is 5.41 Å². The quantitative estimate of drug-likeness (QED) is 0.765. The highest BCUT2D eigenvalue weighted by Crippen LogP contribution is 2.31. The Bertz CT molecular complexity index is 756. The zero-order chi connectivity index (χ0) is 17.9. The molecule has 0 heterocycles. The van der Waals surface area contributed by atoms with E-state index >= 15 is 0 Å². The molecular weight excluding hydrogens is 354 g/mol. The maximum Gasteiger partial charge on any atom is 0.239 e. The van der Waals surface area contributed by atoms with Crippen LogP contribution in [0.25, 0.3) is 0 Å². The first-order valence-electron chi connectivity index (χ1n) is 7.04. The molecule has 2 amide bonds. The highest BCUT2D eigenvalue weighted by atomic mass is 35.5. The lowest BCUT2D eigenvalue weighted by Crippen LogP contribution is -2.41. The minimum absolute atomic E-state index is 0.244. The molecule has 0 saturated heterocycles. The van der Waals surface area contributed by atoms with Gasteiger partial charge < -0.3 is 10.6 Å². The second-order valence-corrected chi connectivity index (χ2v) is 6.45. The van der Waals surface area contributed by atoms with Crippen LogP contribution in [0.5, 0.6) is 0 Å². The van der Waals surface area contributed by atoms with Crippen molar-refractivity contribution in [1.29, 1.82) is 0 Å². The average Bonchev–Trinajstić information content (AvgIpc) is 2.53. The molecule has 0 aliphatic carbocycles. The molecule has 0 atom stereocenters. The Morgan fingerprint density at radius 2 is 1.42 bits per heavy atom. The van der Waals surface area contributed by atoms with Crippen molar-refractivity contribution in [3.05, 3.63) is 58.3 Å². The highest BCUT2D eigenvalue weighted by Gasteiger charge is 2.36. The van der Waals surface area contributed by atoms with Gasteiger partial charge in [0.2, 0.25) is 11.8 Å². The van der Waals surface area contributed by atoms with Crippen LogP contribution in [-0.2, 0) is 9.59 Å². The van der Waals surface area contributed by atoms with E-state index in [1.807, 2.05) is 0 Å². The van der Waals surface area contributed by atoms with Crippen molar-refractivity contribution in [3.8, 4) is 0 Å². The molecule has 0 bridgehead atoms. The first-order chi connectivity index (χ1) is 11.2. The number of para-hydroxylation sites is 1. The summed E-state index contributed by atoms with van der Waals surface area (Å²) in [6, 6.07) is 10.0. The predicted molar refractivity (Wildman–Crippen MR) is 93.9 cm³/mol. The SMILES string of the molecule is CC(C)(C(=O)Nc1ccc(F)cc1)C(=O)Nc1c(Cl)cccc1Cl. The lowest BCUT2D eigenvalue weighted by Gasteiger charge is -2.23. The number of halogens is 3. The molecule has 2 aromatic rings. The van der Waals surface area contributed by atoms with Gasteiger partial charge in [0.1, 0.15) is 11.2 Å². The molecule has 0 aliphatic heterocycles. The van der Waals surface area contributed by atoms with Gasteiger partial charge in [0.15, 0.2) is 0 Å². The summed E-state index contributed by atoms with van der Waals surface area (Å²) < 4.78 is 12.9. The third-order valence-electron chi connectivity index (χ3n) is 3.44. The Hall–Kier alpha value is -2.11. The topological polar surface area (TPSA) is 58.2 Å². The van der Waals surface area contributed by atoms with E-state index in [1.54, 1.807) is 18.2 Å². The molecule has 2 rings (SSSR count). The molecule has 7 heteroatoms. The largest absolute Gasteiger partial charge is 0.325 e. The van der Waals surface area contributed by atoms with Crippen molar-refractivity contribution in [1.82, 2.24) is 0 Å². The lowest BCUT2D eigenvalue weighted by molar-refractivity contribution is -0.135. The van der Waals surface area contributed by atoms with Crippen LogP contribution in [0.1, 0.15) is 13.8 Å². The van der Waals surface area contributed by atoms with Crippen LogP contribution in [0.2, 0.25) is 10.0 Å². The van der Waals surface area contributed by atoms with Crippen molar-refractivity contribution in [2.75, 3.05) is 10.6 Å². The number of amides is 2. The van der Waals surface area contributed by atoms with Crippen molar-refractivity contribution < 1.29 is 14.0 Å². The molecule has 4 nitrogen and oxygen atoms in total. The van der Waals surface area contributed by atoms with Crippen LogP contribution in [0.15, 0.2) is 42.5 Å². The fraction of sp³-hybridized carbons (Fsp3) is 0.176. The van der Waals surface area contributed by atoms with E-state index in [1.165, 1.54) is 38.1 Å². The molecular formula is C17H15Cl2FN2O2. The molecule has 0 fully saturated rings. The van der Waals surface area contributed by atoms with Crippen molar-refractivity contribution >= 4 is 46.4 Å². The minimum Gasteiger partial charge on any atom is -0.325 e. The van der Waals surface area contributed by atoms with E-state index in [0.717, 1.165) is 0 Å². The van der Waals surface area contributed by atoms with E-state index in [4.69, 9.17) is 23.2 Å². The predicted octanol–water partition coefficient (Wildman–Crippen LogP) is 4.74. The van der Waals surface area contributed by atoms with Gasteiger partial charge in [-0.2, -0.15) is 0 Å². The molecule has 0 radical (unpaired) electrons. The van der Waals surface area contributed by atoms with Gasteiger partial charge >= 0.3 is 0 Å². The standard InChI is InChI=1S/C17H15Cl2FN2O2/c1-17(2,15(23)21-11-8-6-10(20)7-9-11)16(24)22-14-12(18)4-3-5-13(14)19/h3-9H,1-2H3,(H,21,23)(H,22,24). The summed E-state index contributed by atoms with van der Waals surface area (Å²) in [4.78, 5) is 24.9. The number of hydrogen-bond donors (Lipinski definition) is 2. The maximum absolute atomic E-state index is 12.9. The van der Waals surface area contributed by atoms with E-state index in [2.05, 4.69) is 10.6 Å². The summed E-state index contributed by atoms with van der Waals surface area (Å²) >= 11 is 12.0. The van der Waals surface area contributed by atoms with E-state index in [0.29, 0.717) is 5.69 Å². The molecule has 126 valence electrons. The summed E-state index contributed by atoms with van der Waals surface area (Å²) in [7, 11) is 0. The van der Waals surface area contributed by atoms with Crippen molar-refractivity contribution in [3.63, 3.8) is 0 Å². The molecule has 0 aliphatic rings. The third kappa shape index (κ3) is 4.04. The lowest BCUT2D eigenvalue weighted by atomic mass is 9.90. The fourth-order valence-electron chi connectivity index (χ4n) is 1.81. The van der Waals surface area contributed by atoms with Crippen LogP contribution in [0.3, 0.4) is 0 Å². The molecule has 0 spiro atoms. The zero-order valence-corrected chi connectivity index (χ0v) is 14.5. The number of benzene rings is 2. The molecule has 0 unspecified atom stereocenters. The first kappa shape index (κ1) is 18.2. The monoisotopic (exact) mass is 368 g/mol. The van der Waals surface area contributed by atoms with Crippen molar-refractivity contribution in [2.45, 2.75) is 13.8 Å². The Morgan fingerprint density at radius 3 is 1.96 bits per heavy atom. The second kappa shape index (κ2) is 7.20. The number of anilines is 2. The Labute approximate surface area is 149 Å². The van der Waals surface area contributed by atoms with E-state index in [9.17, 15) is 14.0 Å². The molecule has 0 aromatic heterocycles. The molecule has 24 heavy (non-hydrogen) atoms. The molecule has 0 saturated carbocycles. The number of nitrogens with one attached hydrogen (secondary N) is 2. The summed E-state index contributed by atoms with van der Waals surface area (Å²) in [5.41, 5.74) is -0.775. The normalized spacial score (nSPS) is 11.0. The number of carbonyl (C=O) groups is 2. The maximum atomic E-state index is 12.9. The van der Waals surface area contributed by atoms with Gasteiger partial charge in [0.05, 0.1) is 15.7 Å². The van der Waals surface area contributed by atoms with E-state index in [-0.39, 0.29) is 15.7 Å². The fourth-order valence-corrected chi connectivity index (χ4v) is 2.30.